The van der Waals surface area contributed by atoms with Gasteiger partial charge >= 0.3 is 0 Å². The van der Waals surface area contributed by atoms with Gasteiger partial charge in [0.1, 0.15) is 12.0 Å². The molecule has 14 heavy (non-hydrogen) atoms. The predicted molar refractivity (Wildman–Crippen MR) is 53.2 cm³/mol. The van der Waals surface area contributed by atoms with Crippen LogP contribution in [0, 0.1) is 6.92 Å². The third kappa shape index (κ3) is 1.37. The summed E-state index contributed by atoms with van der Waals surface area (Å²) >= 11 is 0. The van der Waals surface area contributed by atoms with Crippen LogP contribution in [0.15, 0.2) is 35.1 Å². The highest BCUT2D eigenvalue weighted by Crippen LogP contribution is 2.31. The van der Waals surface area contributed by atoms with E-state index in [9.17, 15) is 0 Å². The van der Waals surface area contributed by atoms with Gasteiger partial charge in [-0.1, -0.05) is 12.1 Å². The summed E-state index contributed by atoms with van der Waals surface area (Å²) < 4.78 is 10.5. The molecule has 0 aliphatic rings. The molecule has 3 heteroatoms. The van der Waals surface area contributed by atoms with Gasteiger partial charge in [-0.2, -0.15) is 0 Å². The maximum atomic E-state index is 5.25. The fourth-order valence-electron chi connectivity index (χ4n) is 1.43. The average Bonchev–Trinajstić information content (AvgIpc) is 2.70. The van der Waals surface area contributed by atoms with Crippen molar-refractivity contribution in [3.63, 3.8) is 0 Å². The van der Waals surface area contributed by atoms with Gasteiger partial charge in [0.2, 0.25) is 5.89 Å². The molecule has 0 bridgehead atoms. The van der Waals surface area contributed by atoms with Crippen molar-refractivity contribution in [2.75, 3.05) is 7.11 Å². The summed E-state index contributed by atoms with van der Waals surface area (Å²) in [6.07, 6.45) is 3.18. The number of hydrogen-bond acceptors (Lipinski definition) is 3. The molecular formula is C11H11NO2. The van der Waals surface area contributed by atoms with Gasteiger partial charge in [0.05, 0.1) is 18.9 Å². The summed E-state index contributed by atoms with van der Waals surface area (Å²) in [7, 11) is 1.64. The first-order chi connectivity index (χ1) is 6.83. The van der Waals surface area contributed by atoms with Crippen LogP contribution in [0.5, 0.6) is 5.75 Å². The summed E-state index contributed by atoms with van der Waals surface area (Å²) in [5.41, 5.74) is 2.01. The van der Waals surface area contributed by atoms with Crippen molar-refractivity contribution in [2.45, 2.75) is 6.92 Å². The number of rotatable bonds is 2. The number of hydrogen-bond donors (Lipinski definition) is 0. The third-order valence-corrected chi connectivity index (χ3v) is 2.10. The predicted octanol–water partition coefficient (Wildman–Crippen LogP) is 2.66. The largest absolute Gasteiger partial charge is 0.496 e. The van der Waals surface area contributed by atoms with Crippen molar-refractivity contribution in [1.82, 2.24) is 4.98 Å². The Kier molecular flexibility index (Phi) is 2.23. The van der Waals surface area contributed by atoms with Gasteiger partial charge in [-0.3, -0.25) is 0 Å². The second kappa shape index (κ2) is 3.54. The lowest BCUT2D eigenvalue weighted by Crippen LogP contribution is -1.90. The molecule has 1 aromatic heterocycles. The van der Waals surface area contributed by atoms with Crippen LogP contribution >= 0.6 is 0 Å². The standard InChI is InChI=1S/C11H11NO2/c1-8-4-3-5-9(13-2)10(8)11-12-6-7-14-11/h3-7H,1-2H3. The highest BCUT2D eigenvalue weighted by molar-refractivity contribution is 5.66. The normalized spacial score (nSPS) is 10.1. The molecule has 1 heterocycles. The Balaban J connectivity index is 2.61. The molecule has 0 aliphatic carbocycles. The van der Waals surface area contributed by atoms with Crippen molar-refractivity contribution in [2.24, 2.45) is 0 Å². The van der Waals surface area contributed by atoms with Crippen LogP contribution in [0.4, 0.5) is 0 Å². The number of aromatic nitrogens is 1. The second-order valence-corrected chi connectivity index (χ2v) is 2.99. The molecule has 0 atom stereocenters. The Morgan fingerprint density at radius 3 is 2.86 bits per heavy atom. The van der Waals surface area contributed by atoms with Gasteiger partial charge in [0.25, 0.3) is 0 Å². The van der Waals surface area contributed by atoms with Crippen molar-refractivity contribution in [3.05, 3.63) is 36.2 Å². The molecule has 0 spiro atoms. The lowest BCUT2D eigenvalue weighted by atomic mass is 10.1. The zero-order valence-corrected chi connectivity index (χ0v) is 8.15. The molecule has 2 aromatic rings. The van der Waals surface area contributed by atoms with Gasteiger partial charge in [-0.15, -0.1) is 0 Å². The monoisotopic (exact) mass is 189 g/mol. The first kappa shape index (κ1) is 8.81. The molecule has 0 fully saturated rings. The van der Waals surface area contributed by atoms with Gasteiger partial charge in [-0.05, 0) is 18.6 Å². The minimum absolute atomic E-state index is 0.597. The van der Waals surface area contributed by atoms with Crippen molar-refractivity contribution >= 4 is 0 Å². The SMILES string of the molecule is COc1cccc(C)c1-c1ncco1. The summed E-state index contributed by atoms with van der Waals surface area (Å²) in [6, 6.07) is 5.84. The van der Waals surface area contributed by atoms with Crippen molar-refractivity contribution in [1.29, 1.82) is 0 Å². The first-order valence-corrected chi connectivity index (χ1v) is 4.36. The Morgan fingerprint density at radius 1 is 1.36 bits per heavy atom. The van der Waals surface area contributed by atoms with Gasteiger partial charge in [-0.25, -0.2) is 4.98 Å². The zero-order chi connectivity index (χ0) is 9.97. The fourth-order valence-corrected chi connectivity index (χ4v) is 1.43. The number of methoxy groups -OCH3 is 1. The number of ether oxygens (including phenoxy) is 1. The minimum Gasteiger partial charge on any atom is -0.496 e. The summed E-state index contributed by atoms with van der Waals surface area (Å²) in [4.78, 5) is 4.11. The van der Waals surface area contributed by atoms with E-state index in [2.05, 4.69) is 4.98 Å². The van der Waals surface area contributed by atoms with Crippen LogP contribution in [0.1, 0.15) is 5.56 Å². The number of oxazole rings is 1. The Hall–Kier alpha value is -1.77. The fraction of sp³-hybridized carbons (Fsp3) is 0.182. The molecule has 0 aliphatic heterocycles. The third-order valence-electron chi connectivity index (χ3n) is 2.10. The van der Waals surface area contributed by atoms with E-state index in [-0.39, 0.29) is 0 Å². The van der Waals surface area contributed by atoms with Gasteiger partial charge in [0.15, 0.2) is 0 Å². The van der Waals surface area contributed by atoms with Crippen LogP contribution in [-0.4, -0.2) is 12.1 Å². The minimum atomic E-state index is 0.597. The van der Waals surface area contributed by atoms with Crippen LogP contribution < -0.4 is 4.74 Å². The number of benzene rings is 1. The molecule has 0 saturated heterocycles. The van der Waals surface area contributed by atoms with Gasteiger partial charge in [0, 0.05) is 0 Å². The van der Waals surface area contributed by atoms with E-state index in [0.717, 1.165) is 16.9 Å². The molecule has 72 valence electrons. The smallest absolute Gasteiger partial charge is 0.229 e. The van der Waals surface area contributed by atoms with E-state index in [1.165, 1.54) is 0 Å². The molecular weight excluding hydrogens is 178 g/mol. The van der Waals surface area contributed by atoms with Crippen LogP contribution in [0.25, 0.3) is 11.5 Å². The summed E-state index contributed by atoms with van der Waals surface area (Å²) in [5.74, 6) is 1.38. The maximum absolute atomic E-state index is 5.25. The Labute approximate surface area is 82.3 Å². The van der Waals surface area contributed by atoms with Crippen molar-refractivity contribution in [3.8, 4) is 17.2 Å². The Morgan fingerprint density at radius 2 is 2.21 bits per heavy atom. The van der Waals surface area contributed by atoms with Crippen LogP contribution in [-0.2, 0) is 0 Å². The zero-order valence-electron chi connectivity index (χ0n) is 8.15. The maximum Gasteiger partial charge on any atom is 0.229 e. The quantitative estimate of drug-likeness (QED) is 0.728. The average molecular weight is 189 g/mol. The molecule has 0 radical (unpaired) electrons. The van der Waals surface area contributed by atoms with E-state index in [1.54, 1.807) is 19.6 Å². The van der Waals surface area contributed by atoms with E-state index in [0.29, 0.717) is 5.89 Å². The van der Waals surface area contributed by atoms with E-state index >= 15 is 0 Å². The molecule has 0 unspecified atom stereocenters. The van der Waals surface area contributed by atoms with E-state index < -0.39 is 0 Å². The van der Waals surface area contributed by atoms with E-state index in [4.69, 9.17) is 9.15 Å². The number of nitrogens with zero attached hydrogens (tertiary/aromatic N) is 1. The number of aryl methyl sites for hydroxylation is 1. The van der Waals surface area contributed by atoms with Crippen LogP contribution in [0.3, 0.4) is 0 Å². The highest BCUT2D eigenvalue weighted by atomic mass is 16.5. The molecule has 2 rings (SSSR count). The lowest BCUT2D eigenvalue weighted by molar-refractivity contribution is 0.414. The summed E-state index contributed by atoms with van der Waals surface area (Å²) in [5, 5.41) is 0. The lowest BCUT2D eigenvalue weighted by Gasteiger charge is -2.07. The Bertz CT molecular complexity index is 421. The topological polar surface area (TPSA) is 35.3 Å². The molecule has 0 saturated carbocycles. The van der Waals surface area contributed by atoms with Crippen molar-refractivity contribution < 1.29 is 9.15 Å². The second-order valence-electron chi connectivity index (χ2n) is 2.99. The molecule has 0 N–H and O–H groups in total. The molecule has 1 aromatic carbocycles. The van der Waals surface area contributed by atoms with Crippen LogP contribution in [0.2, 0.25) is 0 Å². The molecule has 0 amide bonds. The first-order valence-electron chi connectivity index (χ1n) is 4.36. The molecule has 3 nitrogen and oxygen atoms in total. The van der Waals surface area contributed by atoms with E-state index in [1.807, 2.05) is 25.1 Å². The summed E-state index contributed by atoms with van der Waals surface area (Å²) in [6.45, 7) is 2.00. The van der Waals surface area contributed by atoms with Gasteiger partial charge < -0.3 is 9.15 Å². The highest BCUT2D eigenvalue weighted by Gasteiger charge is 2.11.